The van der Waals surface area contributed by atoms with Crippen LogP contribution < -0.4 is 0 Å². The quantitative estimate of drug-likeness (QED) is 0.635. The lowest BCUT2D eigenvalue weighted by molar-refractivity contribution is -0.156. The molecule has 122 valence electrons. The van der Waals surface area contributed by atoms with E-state index in [0.717, 1.165) is 0 Å². The number of carbonyl (C=O) groups excluding carboxylic acids is 3. The molecular weight excluding hydrogens is 294 g/mol. The average Bonchev–Trinajstić information content (AvgIpc) is 2.81. The Morgan fingerprint density at radius 2 is 1.70 bits per heavy atom. The summed E-state index contributed by atoms with van der Waals surface area (Å²) < 4.78 is 5.15. The molecule has 2 amide bonds. The van der Waals surface area contributed by atoms with Gasteiger partial charge >= 0.3 is 5.97 Å². The first-order valence-electron chi connectivity index (χ1n) is 8.12. The van der Waals surface area contributed by atoms with Crippen molar-refractivity contribution in [3.63, 3.8) is 0 Å². The number of esters is 1. The van der Waals surface area contributed by atoms with Gasteiger partial charge in [-0.3, -0.25) is 19.3 Å². The van der Waals surface area contributed by atoms with Gasteiger partial charge in [0.2, 0.25) is 0 Å². The number of ether oxygens (including phenoxy) is 1. The second kappa shape index (κ2) is 5.80. The van der Waals surface area contributed by atoms with E-state index in [1.165, 1.54) is 4.90 Å². The van der Waals surface area contributed by atoms with Crippen molar-refractivity contribution >= 4 is 17.8 Å². The third kappa shape index (κ3) is 2.54. The number of hydrogen-bond acceptors (Lipinski definition) is 4. The molecule has 0 aromatic heterocycles. The number of nitrogens with zero attached hydrogens (tertiary/aromatic N) is 1. The van der Waals surface area contributed by atoms with Crippen LogP contribution in [0.3, 0.4) is 0 Å². The van der Waals surface area contributed by atoms with Gasteiger partial charge in [0.15, 0.2) is 0 Å². The molecule has 1 heterocycles. The molecule has 2 aliphatic rings. The van der Waals surface area contributed by atoms with E-state index in [1.807, 2.05) is 6.92 Å². The average molecular weight is 315 g/mol. The lowest BCUT2D eigenvalue weighted by Crippen LogP contribution is -2.45. The standard InChI is InChI=1S/C18H21NO4/c1-3-23-17(22)18(2)10-8-12(9-11-18)19-15(20)13-6-4-5-7-14(13)16(19)21/h4-7,12H,3,8-11H2,1-2H3. The molecule has 23 heavy (non-hydrogen) atoms. The monoisotopic (exact) mass is 315 g/mol. The van der Waals surface area contributed by atoms with Crippen LogP contribution in [0.25, 0.3) is 0 Å². The van der Waals surface area contributed by atoms with Crippen molar-refractivity contribution < 1.29 is 19.1 Å². The Morgan fingerprint density at radius 1 is 1.17 bits per heavy atom. The molecule has 3 rings (SSSR count). The van der Waals surface area contributed by atoms with E-state index in [1.54, 1.807) is 31.2 Å². The molecule has 1 saturated carbocycles. The van der Waals surface area contributed by atoms with Gasteiger partial charge in [-0.25, -0.2) is 0 Å². The summed E-state index contributed by atoms with van der Waals surface area (Å²) in [6, 6.07) is 6.80. The van der Waals surface area contributed by atoms with Gasteiger partial charge in [0.05, 0.1) is 23.1 Å². The van der Waals surface area contributed by atoms with Crippen LogP contribution in [0, 0.1) is 5.41 Å². The van der Waals surface area contributed by atoms with Crippen LogP contribution in [0.4, 0.5) is 0 Å². The van der Waals surface area contributed by atoms with E-state index in [0.29, 0.717) is 43.4 Å². The number of benzene rings is 1. The largest absolute Gasteiger partial charge is 0.466 e. The molecule has 0 radical (unpaired) electrons. The Morgan fingerprint density at radius 3 is 2.17 bits per heavy atom. The Balaban J connectivity index is 1.73. The number of fused-ring (bicyclic) bond motifs is 1. The second-order valence-corrected chi connectivity index (χ2v) is 6.54. The molecule has 0 unspecified atom stereocenters. The van der Waals surface area contributed by atoms with E-state index in [2.05, 4.69) is 0 Å². The molecule has 0 spiro atoms. The Hall–Kier alpha value is -2.17. The normalized spacial score (nSPS) is 27.0. The first-order valence-corrected chi connectivity index (χ1v) is 8.12. The van der Waals surface area contributed by atoms with Crippen LogP contribution in [-0.4, -0.2) is 35.3 Å². The van der Waals surface area contributed by atoms with Crippen LogP contribution in [-0.2, 0) is 9.53 Å². The van der Waals surface area contributed by atoms with Crippen molar-refractivity contribution in [2.24, 2.45) is 5.41 Å². The number of imide groups is 1. The maximum Gasteiger partial charge on any atom is 0.311 e. The summed E-state index contributed by atoms with van der Waals surface area (Å²) in [5, 5.41) is 0. The zero-order valence-electron chi connectivity index (χ0n) is 13.5. The predicted molar refractivity (Wildman–Crippen MR) is 83.9 cm³/mol. The highest BCUT2D eigenvalue weighted by Crippen LogP contribution is 2.40. The van der Waals surface area contributed by atoms with Gasteiger partial charge in [-0.1, -0.05) is 12.1 Å². The molecule has 1 fully saturated rings. The minimum Gasteiger partial charge on any atom is -0.466 e. The summed E-state index contributed by atoms with van der Waals surface area (Å²) in [4.78, 5) is 38.5. The van der Waals surface area contributed by atoms with Gasteiger partial charge in [0.1, 0.15) is 0 Å². The number of hydrogen-bond donors (Lipinski definition) is 0. The third-order valence-corrected chi connectivity index (χ3v) is 5.02. The highest BCUT2D eigenvalue weighted by molar-refractivity contribution is 6.21. The minimum absolute atomic E-state index is 0.134. The van der Waals surface area contributed by atoms with Crippen LogP contribution >= 0.6 is 0 Å². The molecular formula is C18H21NO4. The Kier molecular flexibility index (Phi) is 3.96. The first kappa shape index (κ1) is 15.7. The van der Waals surface area contributed by atoms with Crippen LogP contribution in [0.15, 0.2) is 24.3 Å². The van der Waals surface area contributed by atoms with Gasteiger partial charge < -0.3 is 4.74 Å². The fraction of sp³-hybridized carbons (Fsp3) is 0.500. The van der Waals surface area contributed by atoms with Crippen LogP contribution in [0.2, 0.25) is 0 Å². The van der Waals surface area contributed by atoms with E-state index < -0.39 is 5.41 Å². The summed E-state index contributed by atoms with van der Waals surface area (Å²) in [5.74, 6) is -0.605. The van der Waals surface area contributed by atoms with Crippen molar-refractivity contribution in [3.8, 4) is 0 Å². The van der Waals surface area contributed by atoms with E-state index in [9.17, 15) is 14.4 Å². The summed E-state index contributed by atoms with van der Waals surface area (Å²) in [5.41, 5.74) is 0.456. The van der Waals surface area contributed by atoms with Gasteiger partial charge in [0.25, 0.3) is 11.8 Å². The van der Waals surface area contributed by atoms with Crippen molar-refractivity contribution in [1.82, 2.24) is 4.90 Å². The third-order valence-electron chi connectivity index (χ3n) is 5.02. The lowest BCUT2D eigenvalue weighted by atomic mass is 9.73. The molecule has 1 aromatic rings. The second-order valence-electron chi connectivity index (χ2n) is 6.54. The van der Waals surface area contributed by atoms with Gasteiger partial charge in [-0.15, -0.1) is 0 Å². The van der Waals surface area contributed by atoms with Crippen molar-refractivity contribution in [1.29, 1.82) is 0 Å². The molecule has 1 aliphatic carbocycles. The van der Waals surface area contributed by atoms with Gasteiger partial charge in [-0.2, -0.15) is 0 Å². The lowest BCUT2D eigenvalue weighted by Gasteiger charge is -2.38. The number of carbonyl (C=O) groups is 3. The Labute approximate surface area is 135 Å². The maximum atomic E-state index is 12.5. The fourth-order valence-electron chi connectivity index (χ4n) is 3.55. The zero-order valence-corrected chi connectivity index (χ0v) is 13.5. The molecule has 5 heteroatoms. The molecule has 1 aliphatic heterocycles. The summed E-state index contributed by atoms with van der Waals surface area (Å²) in [6.07, 6.45) is 2.54. The van der Waals surface area contributed by atoms with E-state index in [-0.39, 0.29) is 23.8 Å². The van der Waals surface area contributed by atoms with Crippen molar-refractivity contribution in [2.45, 2.75) is 45.6 Å². The maximum absolute atomic E-state index is 12.5. The predicted octanol–water partition coefficient (Wildman–Crippen LogP) is 2.79. The topological polar surface area (TPSA) is 63.7 Å². The Bertz CT molecular complexity index is 624. The van der Waals surface area contributed by atoms with Gasteiger partial charge in [0, 0.05) is 6.04 Å². The summed E-state index contributed by atoms with van der Waals surface area (Å²) >= 11 is 0. The molecule has 0 bridgehead atoms. The molecule has 0 saturated heterocycles. The zero-order chi connectivity index (χ0) is 16.6. The summed E-state index contributed by atoms with van der Waals surface area (Å²) in [6.45, 7) is 4.07. The smallest absolute Gasteiger partial charge is 0.311 e. The first-order chi connectivity index (χ1) is 11.0. The van der Waals surface area contributed by atoms with E-state index >= 15 is 0 Å². The highest BCUT2D eigenvalue weighted by Gasteiger charge is 2.45. The number of amides is 2. The van der Waals surface area contributed by atoms with Crippen LogP contribution in [0.1, 0.15) is 60.2 Å². The molecule has 0 N–H and O–H groups in total. The summed E-state index contributed by atoms with van der Waals surface area (Å²) in [7, 11) is 0. The van der Waals surface area contributed by atoms with Gasteiger partial charge in [-0.05, 0) is 51.7 Å². The molecule has 5 nitrogen and oxygen atoms in total. The highest BCUT2D eigenvalue weighted by atomic mass is 16.5. The SMILES string of the molecule is CCOC(=O)C1(C)CCC(N2C(=O)c3ccccc3C2=O)CC1. The number of rotatable bonds is 3. The van der Waals surface area contributed by atoms with Crippen LogP contribution in [0.5, 0.6) is 0 Å². The van der Waals surface area contributed by atoms with Crippen molar-refractivity contribution in [2.75, 3.05) is 6.61 Å². The minimum atomic E-state index is -0.509. The fourth-order valence-corrected chi connectivity index (χ4v) is 3.55. The molecule has 1 aromatic carbocycles. The van der Waals surface area contributed by atoms with Crippen molar-refractivity contribution in [3.05, 3.63) is 35.4 Å². The van der Waals surface area contributed by atoms with E-state index in [4.69, 9.17) is 4.74 Å². The molecule has 0 atom stereocenters.